The van der Waals surface area contributed by atoms with Gasteiger partial charge in [-0.05, 0) is 61.1 Å². The number of allylic oxidation sites excluding steroid dienone is 5. The van der Waals surface area contributed by atoms with Gasteiger partial charge in [-0.15, -0.1) is 0 Å². The maximum Gasteiger partial charge on any atom is 0.166 e. The minimum Gasteiger partial charge on any atom is -0.508 e. The number of aromatic hydroxyl groups is 1. The number of hydrogen-bond acceptors (Lipinski definition) is 3. The molecule has 2 aliphatic carbocycles. The van der Waals surface area contributed by atoms with E-state index in [1.54, 1.807) is 26.0 Å². The van der Waals surface area contributed by atoms with Crippen molar-refractivity contribution >= 4 is 11.6 Å². The Kier molecular flexibility index (Phi) is 4.06. The summed E-state index contributed by atoms with van der Waals surface area (Å²) in [6, 6.07) is 5.40. The number of Topliss-reactive ketones (excluding diaryl/α,β-unsaturated/α-hetero) is 2. The van der Waals surface area contributed by atoms with Crippen LogP contribution in [0, 0.1) is 18.3 Å². The summed E-state index contributed by atoms with van der Waals surface area (Å²) in [5.41, 5.74) is 2.98. The van der Waals surface area contributed by atoms with E-state index in [1.807, 2.05) is 32.1 Å². The monoisotopic (exact) mass is 336 g/mol. The molecule has 0 spiro atoms. The van der Waals surface area contributed by atoms with Crippen molar-refractivity contribution in [1.29, 1.82) is 0 Å². The molecular formula is C22H24O3. The standard InChI is InChI=1S/C22H24O3/c1-6-15-7-9-17-20(24)13(3)14(4)21(25)22(17,5)19(15)16-8-10-18(23)12(2)11-16/h6-8,10-11,17,19,23H,1,9H2,2-5H3. The Morgan fingerprint density at radius 2 is 1.88 bits per heavy atom. The summed E-state index contributed by atoms with van der Waals surface area (Å²) in [7, 11) is 0. The normalized spacial score (nSPS) is 29.4. The molecule has 3 heteroatoms. The fourth-order valence-corrected chi connectivity index (χ4v) is 4.45. The SMILES string of the molecule is C=CC1=CCC2C(=O)C(C)=C(C)C(=O)C2(C)C1c1ccc(O)c(C)c1. The van der Waals surface area contributed by atoms with E-state index >= 15 is 0 Å². The highest BCUT2D eigenvalue weighted by Crippen LogP contribution is 2.56. The Balaban J connectivity index is 2.26. The molecule has 0 bridgehead atoms. The molecule has 25 heavy (non-hydrogen) atoms. The molecule has 3 unspecified atom stereocenters. The minimum atomic E-state index is -0.831. The van der Waals surface area contributed by atoms with Crippen LogP contribution in [-0.4, -0.2) is 16.7 Å². The molecule has 1 N–H and O–H groups in total. The molecule has 0 saturated carbocycles. The Labute approximate surface area is 148 Å². The van der Waals surface area contributed by atoms with Crippen molar-refractivity contribution in [2.75, 3.05) is 0 Å². The van der Waals surface area contributed by atoms with E-state index < -0.39 is 5.41 Å². The molecule has 0 saturated heterocycles. The molecule has 3 nitrogen and oxygen atoms in total. The molecule has 130 valence electrons. The lowest BCUT2D eigenvalue weighted by atomic mass is 9.52. The zero-order chi connectivity index (χ0) is 18.5. The van der Waals surface area contributed by atoms with Crippen molar-refractivity contribution in [3.63, 3.8) is 0 Å². The van der Waals surface area contributed by atoms with E-state index in [9.17, 15) is 14.7 Å². The molecule has 2 aliphatic rings. The Bertz CT molecular complexity index is 856. The summed E-state index contributed by atoms with van der Waals surface area (Å²) in [6.07, 6.45) is 4.37. The van der Waals surface area contributed by atoms with Gasteiger partial charge in [0.2, 0.25) is 0 Å². The van der Waals surface area contributed by atoms with Gasteiger partial charge in [-0.3, -0.25) is 9.59 Å². The fraction of sp³-hybridized carbons (Fsp3) is 0.364. The van der Waals surface area contributed by atoms with Crippen molar-refractivity contribution in [2.24, 2.45) is 11.3 Å². The molecule has 1 aromatic rings. The highest BCUT2D eigenvalue weighted by molar-refractivity contribution is 6.15. The summed E-state index contributed by atoms with van der Waals surface area (Å²) >= 11 is 0. The van der Waals surface area contributed by atoms with Gasteiger partial charge in [0.25, 0.3) is 0 Å². The van der Waals surface area contributed by atoms with Gasteiger partial charge in [-0.1, -0.05) is 37.8 Å². The van der Waals surface area contributed by atoms with E-state index in [2.05, 4.69) is 6.58 Å². The second-order valence-electron chi connectivity index (χ2n) is 7.40. The van der Waals surface area contributed by atoms with Gasteiger partial charge < -0.3 is 5.11 Å². The van der Waals surface area contributed by atoms with Crippen molar-refractivity contribution in [1.82, 2.24) is 0 Å². The van der Waals surface area contributed by atoms with Crippen LogP contribution in [0.2, 0.25) is 0 Å². The molecule has 3 rings (SSSR count). The van der Waals surface area contributed by atoms with Gasteiger partial charge in [0.1, 0.15) is 5.75 Å². The van der Waals surface area contributed by atoms with Crippen molar-refractivity contribution in [3.8, 4) is 5.75 Å². The molecular weight excluding hydrogens is 312 g/mol. The predicted octanol–water partition coefficient (Wildman–Crippen LogP) is 4.41. The van der Waals surface area contributed by atoms with Gasteiger partial charge in [-0.2, -0.15) is 0 Å². The lowest BCUT2D eigenvalue weighted by Crippen LogP contribution is -2.50. The number of carbonyl (C=O) groups excluding carboxylic acids is 2. The number of phenolic OH excluding ortho intramolecular Hbond substituents is 1. The first kappa shape index (κ1) is 17.4. The molecule has 0 amide bonds. The van der Waals surface area contributed by atoms with Gasteiger partial charge >= 0.3 is 0 Å². The van der Waals surface area contributed by atoms with Crippen LogP contribution in [0.25, 0.3) is 0 Å². The maximum absolute atomic E-state index is 13.3. The molecule has 0 fully saturated rings. The number of benzene rings is 1. The maximum atomic E-state index is 13.3. The zero-order valence-electron chi connectivity index (χ0n) is 15.2. The molecule has 0 radical (unpaired) electrons. The van der Waals surface area contributed by atoms with Crippen LogP contribution in [0.3, 0.4) is 0 Å². The van der Waals surface area contributed by atoms with Crippen molar-refractivity contribution < 1.29 is 14.7 Å². The van der Waals surface area contributed by atoms with E-state index in [-0.39, 0.29) is 29.2 Å². The number of ketones is 2. The van der Waals surface area contributed by atoms with Crippen LogP contribution in [0.4, 0.5) is 0 Å². The molecule has 0 aliphatic heterocycles. The lowest BCUT2D eigenvalue weighted by molar-refractivity contribution is -0.138. The summed E-state index contributed by atoms with van der Waals surface area (Å²) in [4.78, 5) is 26.2. The number of hydrogen-bond donors (Lipinski definition) is 1. The van der Waals surface area contributed by atoms with Gasteiger partial charge in [0.05, 0.1) is 5.41 Å². The third-order valence-corrected chi connectivity index (χ3v) is 6.11. The van der Waals surface area contributed by atoms with E-state index in [1.165, 1.54) is 0 Å². The lowest BCUT2D eigenvalue weighted by Gasteiger charge is -2.48. The molecule has 0 aromatic heterocycles. The number of carbonyl (C=O) groups is 2. The van der Waals surface area contributed by atoms with Gasteiger partial charge in [0, 0.05) is 11.8 Å². The predicted molar refractivity (Wildman–Crippen MR) is 98.5 cm³/mol. The second-order valence-corrected chi connectivity index (χ2v) is 7.40. The van der Waals surface area contributed by atoms with Gasteiger partial charge in [-0.25, -0.2) is 0 Å². The summed E-state index contributed by atoms with van der Waals surface area (Å²) in [5, 5.41) is 9.87. The van der Waals surface area contributed by atoms with E-state index in [4.69, 9.17) is 0 Å². The van der Waals surface area contributed by atoms with Gasteiger partial charge in [0.15, 0.2) is 11.6 Å². The molecule has 0 heterocycles. The topological polar surface area (TPSA) is 54.4 Å². The molecule has 3 atom stereocenters. The van der Waals surface area contributed by atoms with Crippen LogP contribution in [0.15, 0.2) is 53.6 Å². The molecule has 1 aromatic carbocycles. The van der Waals surface area contributed by atoms with E-state index in [0.29, 0.717) is 17.6 Å². The van der Waals surface area contributed by atoms with Crippen LogP contribution < -0.4 is 0 Å². The fourth-order valence-electron chi connectivity index (χ4n) is 4.45. The Morgan fingerprint density at radius 1 is 1.20 bits per heavy atom. The first-order valence-corrected chi connectivity index (χ1v) is 8.62. The van der Waals surface area contributed by atoms with Crippen molar-refractivity contribution in [2.45, 2.75) is 40.0 Å². The van der Waals surface area contributed by atoms with E-state index in [0.717, 1.165) is 16.7 Å². The third kappa shape index (κ3) is 2.33. The number of phenols is 1. The highest BCUT2D eigenvalue weighted by atomic mass is 16.3. The van der Waals surface area contributed by atoms with Crippen LogP contribution in [0.5, 0.6) is 5.75 Å². The first-order valence-electron chi connectivity index (χ1n) is 8.62. The summed E-state index contributed by atoms with van der Waals surface area (Å²) in [6.45, 7) is 11.2. The Hall–Kier alpha value is -2.42. The highest BCUT2D eigenvalue weighted by Gasteiger charge is 2.56. The number of rotatable bonds is 2. The van der Waals surface area contributed by atoms with Crippen LogP contribution in [0.1, 0.15) is 44.2 Å². The first-order chi connectivity index (χ1) is 11.7. The third-order valence-electron chi connectivity index (χ3n) is 6.11. The zero-order valence-corrected chi connectivity index (χ0v) is 15.2. The quantitative estimate of drug-likeness (QED) is 0.870. The van der Waals surface area contributed by atoms with Crippen LogP contribution >= 0.6 is 0 Å². The smallest absolute Gasteiger partial charge is 0.166 e. The second kappa shape index (κ2) is 5.83. The largest absolute Gasteiger partial charge is 0.508 e. The summed E-state index contributed by atoms with van der Waals surface area (Å²) < 4.78 is 0. The number of aryl methyl sites for hydroxylation is 1. The Morgan fingerprint density at radius 3 is 2.48 bits per heavy atom. The van der Waals surface area contributed by atoms with Crippen molar-refractivity contribution in [3.05, 3.63) is 64.8 Å². The average Bonchev–Trinajstić information content (AvgIpc) is 2.60. The minimum absolute atomic E-state index is 0.0396. The van der Waals surface area contributed by atoms with Crippen LogP contribution in [-0.2, 0) is 9.59 Å². The summed E-state index contributed by atoms with van der Waals surface area (Å²) in [5.74, 6) is -0.269. The number of fused-ring (bicyclic) bond motifs is 1. The average molecular weight is 336 g/mol.